The van der Waals surface area contributed by atoms with Crippen LogP contribution in [0.4, 0.5) is 0 Å². The molecular weight excluding hydrogens is 382 g/mol. The molecule has 0 unspecified atom stereocenters. The number of thioether (sulfide) groups is 1. The standard InChI is InChI=1S/C23H29N3O2S/c1-15(2)12-26(13-16(3)4)21(27)14-29-23-24-20-11-18-9-7-6-8-17(18)10-19(20)22(28)25(23)5/h6-11,15-16H,12-14H2,1-5H3. The molecule has 0 aliphatic carbocycles. The Morgan fingerprint density at radius 2 is 1.66 bits per heavy atom. The van der Waals surface area contributed by atoms with Crippen LogP contribution < -0.4 is 5.56 Å². The third-order valence-electron chi connectivity index (χ3n) is 4.75. The lowest BCUT2D eigenvalue weighted by atomic mass is 10.1. The zero-order chi connectivity index (χ0) is 21.1. The molecule has 5 nitrogen and oxygen atoms in total. The van der Waals surface area contributed by atoms with Crippen molar-refractivity contribution >= 4 is 39.3 Å². The molecule has 3 aromatic rings. The molecule has 154 valence electrons. The van der Waals surface area contributed by atoms with Crippen LogP contribution in [0.15, 0.2) is 46.3 Å². The average molecular weight is 412 g/mol. The molecule has 3 rings (SSSR count). The summed E-state index contributed by atoms with van der Waals surface area (Å²) in [5.74, 6) is 1.20. The highest BCUT2D eigenvalue weighted by Crippen LogP contribution is 2.22. The van der Waals surface area contributed by atoms with Gasteiger partial charge in [-0.25, -0.2) is 4.98 Å². The van der Waals surface area contributed by atoms with E-state index in [4.69, 9.17) is 4.98 Å². The minimum atomic E-state index is -0.0862. The van der Waals surface area contributed by atoms with E-state index in [9.17, 15) is 9.59 Å². The lowest BCUT2D eigenvalue weighted by Crippen LogP contribution is -2.38. The number of fused-ring (bicyclic) bond motifs is 2. The third kappa shape index (κ3) is 4.99. The molecule has 2 aromatic carbocycles. The number of amides is 1. The van der Waals surface area contributed by atoms with Gasteiger partial charge >= 0.3 is 0 Å². The van der Waals surface area contributed by atoms with Gasteiger partial charge in [-0.3, -0.25) is 14.2 Å². The molecule has 0 bridgehead atoms. The van der Waals surface area contributed by atoms with E-state index in [1.807, 2.05) is 41.3 Å². The summed E-state index contributed by atoms with van der Waals surface area (Å²) in [5.41, 5.74) is 0.583. The smallest absolute Gasteiger partial charge is 0.261 e. The highest BCUT2D eigenvalue weighted by atomic mass is 32.2. The number of aromatic nitrogens is 2. The number of benzene rings is 2. The summed E-state index contributed by atoms with van der Waals surface area (Å²) in [6.07, 6.45) is 0. The van der Waals surface area contributed by atoms with Gasteiger partial charge in [-0.1, -0.05) is 63.7 Å². The first-order valence-corrected chi connectivity index (χ1v) is 11.0. The van der Waals surface area contributed by atoms with Gasteiger partial charge in [-0.15, -0.1) is 0 Å². The zero-order valence-corrected chi connectivity index (χ0v) is 18.6. The van der Waals surface area contributed by atoms with Crippen molar-refractivity contribution in [2.45, 2.75) is 32.9 Å². The van der Waals surface area contributed by atoms with Crippen LogP contribution in [0.25, 0.3) is 21.7 Å². The van der Waals surface area contributed by atoms with Gasteiger partial charge < -0.3 is 4.90 Å². The highest BCUT2D eigenvalue weighted by molar-refractivity contribution is 7.99. The maximum absolute atomic E-state index is 12.9. The Hall–Kier alpha value is -2.34. The van der Waals surface area contributed by atoms with Crippen LogP contribution in [-0.2, 0) is 11.8 Å². The second kappa shape index (κ2) is 8.99. The topological polar surface area (TPSA) is 55.2 Å². The molecule has 29 heavy (non-hydrogen) atoms. The Morgan fingerprint density at radius 3 is 2.24 bits per heavy atom. The summed E-state index contributed by atoms with van der Waals surface area (Å²) in [6.45, 7) is 9.96. The van der Waals surface area contributed by atoms with E-state index < -0.39 is 0 Å². The van der Waals surface area contributed by atoms with Gasteiger partial charge in [0.05, 0.1) is 16.7 Å². The maximum Gasteiger partial charge on any atom is 0.261 e. The fraction of sp³-hybridized carbons (Fsp3) is 0.435. The fourth-order valence-corrected chi connectivity index (χ4v) is 4.32. The second-order valence-electron chi connectivity index (χ2n) is 8.35. The first-order chi connectivity index (χ1) is 13.8. The Balaban J connectivity index is 1.87. The van der Waals surface area contributed by atoms with Crippen molar-refractivity contribution in [2.75, 3.05) is 18.8 Å². The number of nitrogens with zero attached hydrogens (tertiary/aromatic N) is 3. The molecule has 6 heteroatoms. The van der Waals surface area contributed by atoms with Gasteiger partial charge in [0.25, 0.3) is 5.56 Å². The quantitative estimate of drug-likeness (QED) is 0.330. The predicted molar refractivity (Wildman–Crippen MR) is 121 cm³/mol. The molecule has 0 aliphatic heterocycles. The normalized spacial score (nSPS) is 11.7. The van der Waals surface area contributed by atoms with Crippen molar-refractivity contribution in [3.8, 4) is 0 Å². The van der Waals surface area contributed by atoms with Crippen LogP contribution >= 0.6 is 11.8 Å². The molecule has 1 heterocycles. The summed E-state index contributed by atoms with van der Waals surface area (Å²) in [4.78, 5) is 32.3. The van der Waals surface area contributed by atoms with Crippen molar-refractivity contribution in [3.63, 3.8) is 0 Å². The molecule has 0 saturated carbocycles. The van der Waals surface area contributed by atoms with Crippen molar-refractivity contribution in [1.82, 2.24) is 14.5 Å². The lowest BCUT2D eigenvalue weighted by molar-refractivity contribution is -0.129. The van der Waals surface area contributed by atoms with Crippen LogP contribution in [0.1, 0.15) is 27.7 Å². The van der Waals surface area contributed by atoms with E-state index in [1.165, 1.54) is 11.8 Å². The van der Waals surface area contributed by atoms with Gasteiger partial charge in [0.2, 0.25) is 5.91 Å². The Bertz CT molecular complexity index is 1080. The molecule has 0 fully saturated rings. The molecule has 0 atom stereocenters. The Labute approximate surface area is 176 Å². The van der Waals surface area contributed by atoms with Gasteiger partial charge in [0.15, 0.2) is 5.16 Å². The van der Waals surface area contributed by atoms with Gasteiger partial charge in [0.1, 0.15) is 0 Å². The largest absolute Gasteiger partial charge is 0.341 e. The van der Waals surface area contributed by atoms with Crippen molar-refractivity contribution in [1.29, 1.82) is 0 Å². The monoisotopic (exact) mass is 411 g/mol. The lowest BCUT2D eigenvalue weighted by Gasteiger charge is -2.26. The van der Waals surface area contributed by atoms with Crippen LogP contribution in [0.5, 0.6) is 0 Å². The summed E-state index contributed by atoms with van der Waals surface area (Å²) in [6, 6.07) is 11.8. The predicted octanol–water partition coefficient (Wildman–Crippen LogP) is 4.32. The fourth-order valence-electron chi connectivity index (χ4n) is 3.44. The summed E-state index contributed by atoms with van der Waals surface area (Å²) in [5, 5.41) is 3.24. The number of hydrogen-bond donors (Lipinski definition) is 0. The van der Waals surface area contributed by atoms with E-state index >= 15 is 0 Å². The van der Waals surface area contributed by atoms with Crippen molar-refractivity contribution in [3.05, 3.63) is 46.8 Å². The Kier molecular flexibility index (Phi) is 6.63. The van der Waals surface area contributed by atoms with Crippen molar-refractivity contribution < 1.29 is 4.79 Å². The molecule has 0 saturated heterocycles. The van der Waals surface area contributed by atoms with E-state index in [0.29, 0.717) is 27.9 Å². The third-order valence-corrected chi connectivity index (χ3v) is 5.77. The first kappa shape index (κ1) is 21.4. The highest BCUT2D eigenvalue weighted by Gasteiger charge is 2.18. The summed E-state index contributed by atoms with van der Waals surface area (Å²) < 4.78 is 1.55. The number of rotatable bonds is 7. The van der Waals surface area contributed by atoms with Gasteiger partial charge in [-0.2, -0.15) is 0 Å². The molecular formula is C23H29N3O2S. The second-order valence-corrected chi connectivity index (χ2v) is 9.29. The van der Waals surface area contributed by atoms with Crippen LogP contribution in [0.3, 0.4) is 0 Å². The Morgan fingerprint density at radius 1 is 1.07 bits per heavy atom. The molecule has 1 aromatic heterocycles. The molecule has 0 aliphatic rings. The van der Waals surface area contributed by atoms with E-state index in [1.54, 1.807) is 11.6 Å². The summed E-state index contributed by atoms with van der Waals surface area (Å²) >= 11 is 1.33. The minimum absolute atomic E-state index is 0.0862. The molecule has 0 radical (unpaired) electrons. The van der Waals surface area contributed by atoms with E-state index in [-0.39, 0.29) is 17.2 Å². The minimum Gasteiger partial charge on any atom is -0.341 e. The summed E-state index contributed by atoms with van der Waals surface area (Å²) in [7, 11) is 1.72. The zero-order valence-electron chi connectivity index (χ0n) is 17.8. The number of carbonyl (C=O) groups excluding carboxylic acids is 1. The number of carbonyl (C=O) groups is 1. The average Bonchev–Trinajstić information content (AvgIpc) is 2.67. The van der Waals surface area contributed by atoms with Crippen molar-refractivity contribution in [2.24, 2.45) is 18.9 Å². The number of hydrogen-bond acceptors (Lipinski definition) is 4. The molecule has 0 spiro atoms. The first-order valence-electron chi connectivity index (χ1n) is 10.1. The molecule has 0 N–H and O–H groups in total. The molecule has 1 amide bonds. The van der Waals surface area contributed by atoms with Gasteiger partial charge in [-0.05, 0) is 34.7 Å². The van der Waals surface area contributed by atoms with Crippen LogP contribution in [0.2, 0.25) is 0 Å². The van der Waals surface area contributed by atoms with E-state index in [0.717, 1.165) is 23.9 Å². The van der Waals surface area contributed by atoms with Gasteiger partial charge in [0, 0.05) is 20.1 Å². The van der Waals surface area contributed by atoms with Crippen LogP contribution in [-0.4, -0.2) is 39.2 Å². The van der Waals surface area contributed by atoms with E-state index in [2.05, 4.69) is 27.7 Å². The van der Waals surface area contributed by atoms with Crippen LogP contribution in [0, 0.1) is 11.8 Å². The SMILES string of the molecule is CC(C)CN(CC(C)C)C(=O)CSc1nc2cc3ccccc3cc2c(=O)n1C. The maximum atomic E-state index is 12.9.